The van der Waals surface area contributed by atoms with Gasteiger partial charge in [0, 0.05) is 49.7 Å². The molecule has 0 spiro atoms. The number of hydrogen-bond donors (Lipinski definition) is 0. The summed E-state index contributed by atoms with van der Waals surface area (Å²) in [5.74, 6) is 0. The number of hydrogen-bond acceptors (Lipinski definition) is 6. The van der Waals surface area contributed by atoms with Gasteiger partial charge in [0.25, 0.3) is 5.69 Å². The quantitative estimate of drug-likeness (QED) is 0.407. The second-order valence-corrected chi connectivity index (χ2v) is 8.86. The van der Waals surface area contributed by atoms with E-state index in [1.165, 1.54) is 11.6 Å². The normalized spacial score (nSPS) is 17.6. The summed E-state index contributed by atoms with van der Waals surface area (Å²) in [7, 11) is 0. The third-order valence-corrected chi connectivity index (χ3v) is 6.84. The Labute approximate surface area is 185 Å². The summed E-state index contributed by atoms with van der Waals surface area (Å²) < 4.78 is 39.5. The van der Waals surface area contributed by atoms with Crippen molar-refractivity contribution in [3.05, 3.63) is 80.0 Å². The number of benzene rings is 2. The minimum absolute atomic E-state index is 0.0372. The zero-order chi connectivity index (χ0) is 23.0. The topological polar surface area (TPSA) is 66.7 Å². The molecular formula is C22H20F3N3O3S. The molecule has 2 heterocycles. The van der Waals surface area contributed by atoms with Crippen LogP contribution in [0.25, 0.3) is 10.1 Å². The summed E-state index contributed by atoms with van der Waals surface area (Å²) in [5.41, 5.74) is -1.35. The maximum atomic E-state index is 13.2. The Kier molecular flexibility index (Phi) is 5.91. The second kappa shape index (κ2) is 8.51. The van der Waals surface area contributed by atoms with Crippen LogP contribution in [0.3, 0.4) is 0 Å². The van der Waals surface area contributed by atoms with Gasteiger partial charge >= 0.3 is 6.18 Å². The monoisotopic (exact) mass is 463 g/mol. The highest BCUT2D eigenvalue weighted by atomic mass is 32.1. The first-order chi connectivity index (χ1) is 15.1. The number of anilines is 1. The summed E-state index contributed by atoms with van der Waals surface area (Å²) in [6.07, 6.45) is -4.78. The van der Waals surface area contributed by atoms with E-state index in [0.29, 0.717) is 30.2 Å². The van der Waals surface area contributed by atoms with E-state index < -0.39 is 27.8 Å². The van der Waals surface area contributed by atoms with Crippen molar-refractivity contribution in [2.75, 3.05) is 24.5 Å². The maximum absolute atomic E-state index is 13.2. The number of piperazine rings is 1. The van der Waals surface area contributed by atoms with Gasteiger partial charge in [0.15, 0.2) is 5.43 Å². The average molecular weight is 463 g/mol. The Balaban J connectivity index is 1.65. The first kappa shape index (κ1) is 22.2. The standard InChI is InChI=1S/C22H20F3N3O3S/c1-14-12-27(8-7-26(14)13-15-5-3-2-4-6-15)20-11-19(29)17-9-16(22(23,24)25)10-18(28(30)31)21(17)32-20/h2-6,9-11,14H,7-8,12-13H2,1H3. The predicted molar refractivity (Wildman–Crippen MR) is 118 cm³/mol. The first-order valence-electron chi connectivity index (χ1n) is 10.00. The summed E-state index contributed by atoms with van der Waals surface area (Å²) in [6, 6.07) is 12.7. The number of fused-ring (bicyclic) bond motifs is 1. The first-order valence-corrected chi connectivity index (χ1v) is 10.8. The molecule has 1 fully saturated rings. The Morgan fingerprint density at radius 3 is 2.50 bits per heavy atom. The molecule has 0 radical (unpaired) electrons. The Morgan fingerprint density at radius 1 is 1.16 bits per heavy atom. The average Bonchev–Trinajstić information content (AvgIpc) is 2.74. The molecule has 168 valence electrons. The van der Waals surface area contributed by atoms with Gasteiger partial charge in [-0.05, 0) is 18.6 Å². The van der Waals surface area contributed by atoms with Gasteiger partial charge < -0.3 is 4.90 Å². The largest absolute Gasteiger partial charge is 0.416 e. The van der Waals surface area contributed by atoms with Crippen LogP contribution in [0.2, 0.25) is 0 Å². The molecular weight excluding hydrogens is 443 g/mol. The molecule has 32 heavy (non-hydrogen) atoms. The fourth-order valence-corrected chi connectivity index (χ4v) is 5.11. The van der Waals surface area contributed by atoms with Crippen LogP contribution in [0.5, 0.6) is 0 Å². The lowest BCUT2D eigenvalue weighted by Gasteiger charge is -2.40. The summed E-state index contributed by atoms with van der Waals surface area (Å²) in [5, 5.41) is 11.7. The van der Waals surface area contributed by atoms with E-state index >= 15 is 0 Å². The number of rotatable bonds is 4. The molecule has 4 rings (SSSR count). The van der Waals surface area contributed by atoms with Crippen molar-refractivity contribution in [3.8, 4) is 0 Å². The SMILES string of the molecule is CC1CN(c2cc(=O)c3cc(C(F)(F)F)cc([N+](=O)[O-])c3s2)CCN1Cc1ccccc1. The van der Waals surface area contributed by atoms with E-state index in [4.69, 9.17) is 0 Å². The number of nitro benzene ring substituents is 1. The van der Waals surface area contributed by atoms with Gasteiger partial charge in [-0.25, -0.2) is 0 Å². The van der Waals surface area contributed by atoms with Gasteiger partial charge in [-0.1, -0.05) is 30.3 Å². The van der Waals surface area contributed by atoms with Crippen molar-refractivity contribution < 1.29 is 18.1 Å². The fraction of sp³-hybridized carbons (Fsp3) is 0.318. The lowest BCUT2D eigenvalue weighted by atomic mass is 10.1. The maximum Gasteiger partial charge on any atom is 0.416 e. The van der Waals surface area contributed by atoms with E-state index in [9.17, 15) is 28.1 Å². The molecule has 1 aliphatic heterocycles. The number of nitrogens with zero attached hydrogens (tertiary/aromatic N) is 3. The van der Waals surface area contributed by atoms with Crippen LogP contribution < -0.4 is 10.3 Å². The third kappa shape index (κ3) is 4.46. The molecule has 1 aromatic heterocycles. The van der Waals surface area contributed by atoms with E-state index in [0.717, 1.165) is 24.4 Å². The highest BCUT2D eigenvalue weighted by Crippen LogP contribution is 2.39. The van der Waals surface area contributed by atoms with E-state index in [1.807, 2.05) is 23.1 Å². The molecule has 1 unspecified atom stereocenters. The Hall–Kier alpha value is -2.98. The van der Waals surface area contributed by atoms with E-state index in [-0.39, 0.29) is 16.1 Å². The van der Waals surface area contributed by atoms with Crippen LogP contribution in [0, 0.1) is 10.1 Å². The molecule has 0 N–H and O–H groups in total. The van der Waals surface area contributed by atoms with E-state index in [2.05, 4.69) is 24.0 Å². The molecule has 1 saturated heterocycles. The summed E-state index contributed by atoms with van der Waals surface area (Å²) in [4.78, 5) is 27.6. The minimum Gasteiger partial charge on any atom is -0.360 e. The molecule has 0 amide bonds. The van der Waals surface area contributed by atoms with Gasteiger partial charge in [0.1, 0.15) is 4.70 Å². The lowest BCUT2D eigenvalue weighted by Crippen LogP contribution is -2.51. The molecule has 1 atom stereocenters. The summed E-state index contributed by atoms with van der Waals surface area (Å²) in [6.45, 7) is 4.78. The zero-order valence-electron chi connectivity index (χ0n) is 17.1. The molecule has 0 bridgehead atoms. The summed E-state index contributed by atoms with van der Waals surface area (Å²) >= 11 is 0.987. The Morgan fingerprint density at radius 2 is 1.88 bits per heavy atom. The molecule has 1 aliphatic rings. The zero-order valence-corrected chi connectivity index (χ0v) is 17.9. The smallest absolute Gasteiger partial charge is 0.360 e. The van der Waals surface area contributed by atoms with Crippen LogP contribution in [0.4, 0.5) is 23.9 Å². The molecule has 10 heteroatoms. The van der Waals surface area contributed by atoms with Crippen molar-refractivity contribution in [1.29, 1.82) is 0 Å². The molecule has 3 aromatic rings. The number of nitro groups is 1. The van der Waals surface area contributed by atoms with Gasteiger partial charge in [0.05, 0.1) is 15.5 Å². The van der Waals surface area contributed by atoms with E-state index in [1.54, 1.807) is 0 Å². The van der Waals surface area contributed by atoms with Crippen LogP contribution in [0.1, 0.15) is 18.1 Å². The molecule has 2 aromatic carbocycles. The third-order valence-electron chi connectivity index (χ3n) is 5.63. The highest BCUT2D eigenvalue weighted by molar-refractivity contribution is 7.22. The molecule has 0 aliphatic carbocycles. The second-order valence-electron chi connectivity index (χ2n) is 7.83. The van der Waals surface area contributed by atoms with Crippen molar-refractivity contribution >= 4 is 32.1 Å². The minimum atomic E-state index is -4.78. The fourth-order valence-electron chi connectivity index (χ4n) is 3.93. The number of alkyl halides is 3. The lowest BCUT2D eigenvalue weighted by molar-refractivity contribution is -0.383. The number of non-ortho nitro benzene ring substituents is 1. The number of halogens is 3. The van der Waals surface area contributed by atoms with Crippen LogP contribution in [-0.4, -0.2) is 35.5 Å². The van der Waals surface area contributed by atoms with Gasteiger partial charge in [0.2, 0.25) is 0 Å². The highest BCUT2D eigenvalue weighted by Gasteiger charge is 2.34. The predicted octanol–water partition coefficient (Wildman–Crippen LogP) is 4.90. The van der Waals surface area contributed by atoms with Crippen molar-refractivity contribution in [3.63, 3.8) is 0 Å². The van der Waals surface area contributed by atoms with Crippen LogP contribution >= 0.6 is 11.3 Å². The molecule has 0 saturated carbocycles. The molecule has 6 nitrogen and oxygen atoms in total. The van der Waals surface area contributed by atoms with Crippen LogP contribution in [0.15, 0.2) is 53.3 Å². The van der Waals surface area contributed by atoms with Crippen molar-refractivity contribution in [2.45, 2.75) is 25.7 Å². The van der Waals surface area contributed by atoms with Crippen LogP contribution in [-0.2, 0) is 12.7 Å². The Bertz CT molecular complexity index is 1210. The van der Waals surface area contributed by atoms with Crippen molar-refractivity contribution in [2.24, 2.45) is 0 Å². The van der Waals surface area contributed by atoms with Crippen molar-refractivity contribution in [1.82, 2.24) is 4.90 Å². The van der Waals surface area contributed by atoms with Gasteiger partial charge in [-0.15, -0.1) is 11.3 Å². The van der Waals surface area contributed by atoms with Gasteiger partial charge in [-0.3, -0.25) is 19.8 Å². The van der Waals surface area contributed by atoms with Gasteiger partial charge in [-0.2, -0.15) is 13.2 Å².